The standard InChI is InChI=1S/C12H16BrN/c1-9-4-5-10(2)12(6-9)8-14-7-11(3)13/h4-6,14H,3,7-8H2,1-2H3. The van der Waals surface area contributed by atoms with E-state index in [0.717, 1.165) is 17.6 Å². The van der Waals surface area contributed by atoms with Crippen LogP contribution in [0.2, 0.25) is 0 Å². The third kappa shape index (κ3) is 3.64. The molecule has 0 aliphatic carbocycles. The lowest BCUT2D eigenvalue weighted by Gasteiger charge is -2.08. The molecule has 1 nitrogen and oxygen atoms in total. The highest BCUT2D eigenvalue weighted by Gasteiger charge is 1.98. The molecule has 1 aromatic carbocycles. The number of nitrogens with one attached hydrogen (secondary N) is 1. The highest BCUT2D eigenvalue weighted by molar-refractivity contribution is 9.11. The third-order valence-corrected chi connectivity index (χ3v) is 2.42. The maximum Gasteiger partial charge on any atom is 0.0268 e. The van der Waals surface area contributed by atoms with Crippen LogP contribution in [0.25, 0.3) is 0 Å². The number of hydrogen-bond acceptors (Lipinski definition) is 1. The van der Waals surface area contributed by atoms with Crippen molar-refractivity contribution < 1.29 is 0 Å². The Labute approximate surface area is 94.3 Å². The van der Waals surface area contributed by atoms with E-state index in [0.29, 0.717) is 0 Å². The molecule has 0 atom stereocenters. The van der Waals surface area contributed by atoms with Crippen molar-refractivity contribution in [2.24, 2.45) is 0 Å². The van der Waals surface area contributed by atoms with Crippen molar-refractivity contribution in [1.29, 1.82) is 0 Å². The molecule has 0 aliphatic heterocycles. The fourth-order valence-electron chi connectivity index (χ4n) is 1.32. The van der Waals surface area contributed by atoms with Gasteiger partial charge in [-0.1, -0.05) is 46.3 Å². The van der Waals surface area contributed by atoms with Gasteiger partial charge in [0.05, 0.1) is 0 Å². The summed E-state index contributed by atoms with van der Waals surface area (Å²) in [6.45, 7) is 9.75. The van der Waals surface area contributed by atoms with E-state index in [9.17, 15) is 0 Å². The Morgan fingerprint density at radius 1 is 1.43 bits per heavy atom. The SMILES string of the molecule is C=C(Br)CNCc1cc(C)ccc1C. The summed E-state index contributed by atoms with van der Waals surface area (Å²) in [7, 11) is 0. The summed E-state index contributed by atoms with van der Waals surface area (Å²) >= 11 is 3.32. The Balaban J connectivity index is 2.57. The third-order valence-electron chi connectivity index (χ3n) is 2.14. The van der Waals surface area contributed by atoms with Gasteiger partial charge in [0.2, 0.25) is 0 Å². The van der Waals surface area contributed by atoms with E-state index in [2.05, 4.69) is 59.9 Å². The molecular weight excluding hydrogens is 238 g/mol. The van der Waals surface area contributed by atoms with Crippen molar-refractivity contribution in [2.45, 2.75) is 20.4 Å². The molecule has 0 radical (unpaired) electrons. The Hall–Kier alpha value is -0.600. The smallest absolute Gasteiger partial charge is 0.0268 e. The molecule has 14 heavy (non-hydrogen) atoms. The predicted octanol–water partition coefficient (Wildman–Crippen LogP) is 3.30. The van der Waals surface area contributed by atoms with Crippen molar-refractivity contribution in [1.82, 2.24) is 5.32 Å². The topological polar surface area (TPSA) is 12.0 Å². The van der Waals surface area contributed by atoms with Gasteiger partial charge in [0.1, 0.15) is 0 Å². The number of benzene rings is 1. The Kier molecular flexibility index (Phi) is 4.36. The van der Waals surface area contributed by atoms with Crippen LogP contribution in [-0.4, -0.2) is 6.54 Å². The zero-order valence-electron chi connectivity index (χ0n) is 8.73. The average molecular weight is 254 g/mol. The molecule has 0 aliphatic rings. The fourth-order valence-corrected chi connectivity index (χ4v) is 1.52. The van der Waals surface area contributed by atoms with Crippen LogP contribution >= 0.6 is 15.9 Å². The van der Waals surface area contributed by atoms with Gasteiger partial charge in [-0.15, -0.1) is 0 Å². The first kappa shape index (κ1) is 11.5. The lowest BCUT2D eigenvalue weighted by atomic mass is 10.1. The predicted molar refractivity (Wildman–Crippen MR) is 65.7 cm³/mol. The lowest BCUT2D eigenvalue weighted by molar-refractivity contribution is 0.752. The van der Waals surface area contributed by atoms with Gasteiger partial charge in [0.15, 0.2) is 0 Å². The van der Waals surface area contributed by atoms with Crippen LogP contribution < -0.4 is 5.32 Å². The molecule has 0 unspecified atom stereocenters. The summed E-state index contributed by atoms with van der Waals surface area (Å²) < 4.78 is 0.989. The molecular formula is C12H16BrN. The monoisotopic (exact) mass is 253 g/mol. The normalized spacial score (nSPS) is 10.2. The zero-order valence-corrected chi connectivity index (χ0v) is 10.3. The molecule has 0 fully saturated rings. The molecule has 1 N–H and O–H groups in total. The van der Waals surface area contributed by atoms with Crippen LogP contribution in [0.3, 0.4) is 0 Å². The van der Waals surface area contributed by atoms with E-state index >= 15 is 0 Å². The lowest BCUT2D eigenvalue weighted by Crippen LogP contribution is -2.15. The second-order valence-corrected chi connectivity index (χ2v) is 4.67. The van der Waals surface area contributed by atoms with Crippen molar-refractivity contribution in [3.05, 3.63) is 46.0 Å². The summed E-state index contributed by atoms with van der Waals surface area (Å²) in [6.07, 6.45) is 0. The maximum atomic E-state index is 3.78. The van der Waals surface area contributed by atoms with Crippen molar-refractivity contribution in [2.75, 3.05) is 6.54 Å². The molecule has 0 saturated carbocycles. The van der Waals surface area contributed by atoms with Crippen LogP contribution in [0.4, 0.5) is 0 Å². The molecule has 76 valence electrons. The van der Waals surface area contributed by atoms with Crippen LogP contribution in [0.5, 0.6) is 0 Å². The largest absolute Gasteiger partial charge is 0.308 e. The molecule has 1 rings (SSSR count). The first-order valence-electron chi connectivity index (χ1n) is 4.69. The van der Waals surface area contributed by atoms with Gasteiger partial charge in [-0.2, -0.15) is 0 Å². The zero-order chi connectivity index (χ0) is 10.6. The van der Waals surface area contributed by atoms with Gasteiger partial charge >= 0.3 is 0 Å². The van der Waals surface area contributed by atoms with E-state index in [-0.39, 0.29) is 0 Å². The van der Waals surface area contributed by atoms with E-state index in [4.69, 9.17) is 0 Å². The number of rotatable bonds is 4. The Morgan fingerprint density at radius 3 is 2.79 bits per heavy atom. The maximum absolute atomic E-state index is 3.78. The quantitative estimate of drug-likeness (QED) is 0.869. The highest BCUT2D eigenvalue weighted by Crippen LogP contribution is 2.10. The molecule has 0 aromatic heterocycles. The molecule has 1 aromatic rings. The van der Waals surface area contributed by atoms with Crippen LogP contribution in [0, 0.1) is 13.8 Å². The van der Waals surface area contributed by atoms with Crippen molar-refractivity contribution in [3.8, 4) is 0 Å². The van der Waals surface area contributed by atoms with Crippen LogP contribution in [0.1, 0.15) is 16.7 Å². The van der Waals surface area contributed by atoms with Crippen LogP contribution in [0.15, 0.2) is 29.3 Å². The molecule has 0 bridgehead atoms. The summed E-state index contributed by atoms with van der Waals surface area (Å²) in [5, 5.41) is 3.32. The minimum absolute atomic E-state index is 0.813. The van der Waals surface area contributed by atoms with E-state index < -0.39 is 0 Å². The number of aryl methyl sites for hydroxylation is 2. The summed E-state index contributed by atoms with van der Waals surface area (Å²) in [4.78, 5) is 0. The summed E-state index contributed by atoms with van der Waals surface area (Å²) in [6, 6.07) is 6.52. The molecule has 0 heterocycles. The second-order valence-electron chi connectivity index (χ2n) is 3.55. The molecule has 0 saturated heterocycles. The summed E-state index contributed by atoms with van der Waals surface area (Å²) in [5.41, 5.74) is 4.01. The van der Waals surface area contributed by atoms with Gasteiger partial charge < -0.3 is 5.32 Å². The summed E-state index contributed by atoms with van der Waals surface area (Å²) in [5.74, 6) is 0. The van der Waals surface area contributed by atoms with Crippen LogP contribution in [-0.2, 0) is 6.54 Å². The van der Waals surface area contributed by atoms with E-state index in [1.807, 2.05) is 0 Å². The van der Waals surface area contributed by atoms with Crippen molar-refractivity contribution >= 4 is 15.9 Å². The molecule has 0 spiro atoms. The fraction of sp³-hybridized carbons (Fsp3) is 0.333. The first-order valence-corrected chi connectivity index (χ1v) is 5.49. The number of halogens is 1. The highest BCUT2D eigenvalue weighted by atomic mass is 79.9. The van der Waals surface area contributed by atoms with Crippen molar-refractivity contribution in [3.63, 3.8) is 0 Å². The number of hydrogen-bond donors (Lipinski definition) is 1. The van der Waals surface area contributed by atoms with Gasteiger partial charge in [-0.25, -0.2) is 0 Å². The van der Waals surface area contributed by atoms with E-state index in [1.165, 1.54) is 16.7 Å². The Bertz CT molecular complexity index is 331. The van der Waals surface area contributed by atoms with Gasteiger partial charge in [0, 0.05) is 17.6 Å². The molecule has 0 amide bonds. The second kappa shape index (κ2) is 5.32. The van der Waals surface area contributed by atoms with Gasteiger partial charge in [0.25, 0.3) is 0 Å². The first-order chi connectivity index (χ1) is 6.59. The minimum atomic E-state index is 0.813. The minimum Gasteiger partial charge on any atom is -0.308 e. The average Bonchev–Trinajstić information content (AvgIpc) is 2.10. The van der Waals surface area contributed by atoms with E-state index in [1.54, 1.807) is 0 Å². The molecule has 2 heteroatoms. The Morgan fingerprint density at radius 2 is 2.14 bits per heavy atom. The van der Waals surface area contributed by atoms with Gasteiger partial charge in [-0.3, -0.25) is 0 Å². The van der Waals surface area contributed by atoms with Gasteiger partial charge in [-0.05, 0) is 25.0 Å².